The average Bonchev–Trinajstić information content (AvgIpc) is 2.19. The highest BCUT2D eigenvalue weighted by Crippen LogP contribution is 2.18. The predicted octanol–water partition coefficient (Wildman–Crippen LogP) is 1.65. The molecule has 62 valence electrons. The van der Waals surface area contributed by atoms with E-state index in [0.29, 0.717) is 0 Å². The van der Waals surface area contributed by atoms with E-state index in [1.165, 1.54) is 10.8 Å². The molecule has 0 aliphatic carbocycles. The third-order valence-corrected chi connectivity index (χ3v) is 2.08. The molecule has 0 amide bonds. The van der Waals surface area contributed by atoms with Gasteiger partial charge in [0.25, 0.3) is 5.16 Å². The van der Waals surface area contributed by atoms with Crippen molar-refractivity contribution in [3.05, 3.63) is 42.5 Å². The van der Waals surface area contributed by atoms with E-state index in [2.05, 4.69) is 40.6 Å². The van der Waals surface area contributed by atoms with E-state index in [1.807, 2.05) is 24.3 Å². The summed E-state index contributed by atoms with van der Waals surface area (Å²) >= 11 is 4.64. The van der Waals surface area contributed by atoms with Gasteiger partial charge in [0.1, 0.15) is 0 Å². The molecule has 0 aliphatic rings. The highest BCUT2D eigenvalue weighted by atomic mass is 32.1. The molecule has 2 aromatic carbocycles. The normalized spacial score (nSPS) is 9.54. The molecule has 2 rings (SSSR count). The van der Waals surface area contributed by atoms with Gasteiger partial charge < -0.3 is 0 Å². The molecule has 0 unspecified atom stereocenters. The summed E-state index contributed by atoms with van der Waals surface area (Å²) in [6.07, 6.45) is 0. The Bertz CT molecular complexity index is 479. The summed E-state index contributed by atoms with van der Waals surface area (Å²) in [6.45, 7) is 0. The maximum Gasteiger partial charge on any atom is 0.253 e. The van der Waals surface area contributed by atoms with Gasteiger partial charge in [-0.15, -0.1) is 0 Å². The molecule has 2 heteroatoms. The number of rotatable bonds is 1. The monoisotopic (exact) mass is 186 g/mol. The topological polar surface area (TPSA) is 14.0 Å². The fourth-order valence-electron chi connectivity index (χ4n) is 1.39. The zero-order valence-electron chi connectivity index (χ0n) is 6.95. The number of benzene rings is 2. The summed E-state index contributed by atoms with van der Waals surface area (Å²) < 4.78 is 0. The quantitative estimate of drug-likeness (QED) is 0.528. The third kappa shape index (κ3) is 1.50. The first-order valence-electron chi connectivity index (χ1n) is 4.03. The fourth-order valence-corrected chi connectivity index (χ4v) is 1.50. The van der Waals surface area contributed by atoms with Gasteiger partial charge in [-0.1, -0.05) is 30.3 Å². The van der Waals surface area contributed by atoms with E-state index in [-0.39, 0.29) is 0 Å². The van der Waals surface area contributed by atoms with E-state index in [1.54, 1.807) is 0 Å². The molecule has 0 saturated heterocycles. The van der Waals surface area contributed by atoms with Crippen LogP contribution in [0.3, 0.4) is 0 Å². The highest BCUT2D eigenvalue weighted by molar-refractivity contribution is 7.78. The van der Waals surface area contributed by atoms with Crippen molar-refractivity contribution >= 4 is 33.8 Å². The first-order valence-corrected chi connectivity index (χ1v) is 4.43. The van der Waals surface area contributed by atoms with Crippen LogP contribution in [0.25, 0.3) is 10.8 Å². The minimum atomic E-state index is 1.01. The first-order chi connectivity index (χ1) is 6.42. The molecule has 0 heterocycles. The Morgan fingerprint density at radius 1 is 1.00 bits per heavy atom. The minimum Gasteiger partial charge on any atom is -0.153 e. The molecule has 1 nitrogen and oxygen atoms in total. The van der Waals surface area contributed by atoms with Gasteiger partial charge in [0.15, 0.2) is 0 Å². The Balaban J connectivity index is 2.82. The molecule has 2 aromatic rings. The number of hydrogen-bond acceptors (Lipinski definition) is 1. The molecule has 0 saturated carbocycles. The third-order valence-electron chi connectivity index (χ3n) is 1.98. The second kappa shape index (κ2) is 3.48. The lowest BCUT2D eigenvalue weighted by Gasteiger charge is -1.94. The van der Waals surface area contributed by atoms with E-state index in [0.717, 1.165) is 5.69 Å². The number of fused-ring (bicyclic) bond motifs is 1. The van der Waals surface area contributed by atoms with E-state index in [4.69, 9.17) is 0 Å². The number of hydrogen-bond donors (Lipinski definition) is 1. The predicted molar refractivity (Wildman–Crippen MR) is 57.2 cm³/mol. The maximum absolute atomic E-state index is 4.64. The summed E-state index contributed by atoms with van der Waals surface area (Å²) in [5, 5.41) is 4.88. The molecule has 1 N–H and O–H groups in total. The van der Waals surface area contributed by atoms with Crippen molar-refractivity contribution in [2.45, 2.75) is 0 Å². The zero-order chi connectivity index (χ0) is 9.10. The number of isothiocyanates is 1. The van der Waals surface area contributed by atoms with Crippen LogP contribution in [0.15, 0.2) is 42.5 Å². The average molecular weight is 186 g/mol. The van der Waals surface area contributed by atoms with Crippen LogP contribution in [0.2, 0.25) is 0 Å². The van der Waals surface area contributed by atoms with Crippen LogP contribution in [-0.4, -0.2) is 5.16 Å². The Kier molecular flexibility index (Phi) is 2.17. The van der Waals surface area contributed by atoms with Gasteiger partial charge in [0.2, 0.25) is 5.69 Å². The van der Waals surface area contributed by atoms with Crippen LogP contribution >= 0.6 is 12.2 Å². The van der Waals surface area contributed by atoms with E-state index in [9.17, 15) is 0 Å². The van der Waals surface area contributed by atoms with Crippen LogP contribution in [-0.2, 0) is 0 Å². The number of thiocarbonyl (C=S) groups is 1. The van der Waals surface area contributed by atoms with Gasteiger partial charge in [0, 0.05) is 18.3 Å². The molecule has 13 heavy (non-hydrogen) atoms. The van der Waals surface area contributed by atoms with Gasteiger partial charge >= 0.3 is 0 Å². The van der Waals surface area contributed by atoms with Crippen molar-refractivity contribution in [2.75, 3.05) is 0 Å². The van der Waals surface area contributed by atoms with Crippen molar-refractivity contribution in [1.29, 1.82) is 0 Å². The van der Waals surface area contributed by atoms with Gasteiger partial charge in [-0.25, -0.2) is 0 Å². The SMILES string of the molecule is S=C=[NH+]c1cccc2ccccc12. The maximum atomic E-state index is 4.64. The van der Waals surface area contributed by atoms with Crippen molar-refractivity contribution in [3.63, 3.8) is 0 Å². The summed E-state index contributed by atoms with van der Waals surface area (Å²) in [4.78, 5) is 2.92. The smallest absolute Gasteiger partial charge is 0.153 e. The fraction of sp³-hybridized carbons (Fsp3) is 0. The zero-order valence-corrected chi connectivity index (χ0v) is 7.77. The standard InChI is InChI=1S/C11H7NS/c13-8-12-11-7-3-5-9-4-1-2-6-10(9)11/h1-7H/p+1. The molecule has 0 radical (unpaired) electrons. The van der Waals surface area contributed by atoms with Crippen LogP contribution in [0.1, 0.15) is 0 Å². The summed E-state index contributed by atoms with van der Waals surface area (Å²) in [6, 6.07) is 14.2. The van der Waals surface area contributed by atoms with E-state index >= 15 is 0 Å². The highest BCUT2D eigenvalue weighted by Gasteiger charge is 2.01. The van der Waals surface area contributed by atoms with Crippen LogP contribution < -0.4 is 4.99 Å². The van der Waals surface area contributed by atoms with Gasteiger partial charge in [-0.05, 0) is 11.5 Å². The second-order valence-electron chi connectivity index (χ2n) is 2.75. The molecule has 0 atom stereocenters. The molecule has 0 aliphatic heterocycles. The van der Waals surface area contributed by atoms with Gasteiger partial charge in [0.05, 0.1) is 5.39 Å². The Morgan fingerprint density at radius 3 is 2.62 bits per heavy atom. The summed E-state index contributed by atoms with van der Waals surface area (Å²) in [5.74, 6) is 0. The summed E-state index contributed by atoms with van der Waals surface area (Å²) in [7, 11) is 0. The molecule has 0 bridgehead atoms. The molecular formula is C11H8NS+. The van der Waals surface area contributed by atoms with Crippen molar-refractivity contribution in [1.82, 2.24) is 0 Å². The molecule has 0 fully saturated rings. The van der Waals surface area contributed by atoms with Gasteiger partial charge in [-0.2, -0.15) is 4.99 Å². The number of nitrogens with one attached hydrogen (secondary N) is 1. The Hall–Kier alpha value is -1.50. The Labute approximate surface area is 81.7 Å². The van der Waals surface area contributed by atoms with Gasteiger partial charge in [-0.3, -0.25) is 0 Å². The Morgan fingerprint density at radius 2 is 1.77 bits per heavy atom. The molecule has 0 spiro atoms. The minimum absolute atomic E-state index is 1.01. The first kappa shape index (κ1) is 8.11. The van der Waals surface area contributed by atoms with Crippen LogP contribution in [0, 0.1) is 0 Å². The molecule has 0 aromatic heterocycles. The van der Waals surface area contributed by atoms with Crippen molar-refractivity contribution in [3.8, 4) is 0 Å². The lowest BCUT2D eigenvalue weighted by atomic mass is 10.1. The molecular weight excluding hydrogens is 178 g/mol. The van der Waals surface area contributed by atoms with Crippen LogP contribution in [0.4, 0.5) is 5.69 Å². The lowest BCUT2D eigenvalue weighted by Crippen LogP contribution is -2.58. The van der Waals surface area contributed by atoms with E-state index < -0.39 is 0 Å². The summed E-state index contributed by atoms with van der Waals surface area (Å²) in [5.41, 5.74) is 1.01. The largest absolute Gasteiger partial charge is 0.253 e. The van der Waals surface area contributed by atoms with Crippen molar-refractivity contribution < 1.29 is 4.99 Å². The second-order valence-corrected chi connectivity index (χ2v) is 2.96. The lowest BCUT2D eigenvalue weighted by molar-refractivity contribution is -0.341. The van der Waals surface area contributed by atoms with Crippen molar-refractivity contribution in [2.24, 2.45) is 0 Å². The van der Waals surface area contributed by atoms with Crippen LogP contribution in [0.5, 0.6) is 0 Å².